The highest BCUT2D eigenvalue weighted by Crippen LogP contribution is 2.29. The van der Waals surface area contributed by atoms with Gasteiger partial charge < -0.3 is 10.6 Å². The standard InChI is InChI=1S/C18H18FN5O3S3/c1-11(16(25)22-14-3-2-4-15(9-14)30(20,26)27)28-18-24-23-17(29-18)21-10-12-5-7-13(19)8-6-12/h2-9,11H,10H2,1H3,(H,21,23)(H,22,25)(H2,20,26,27)/t11-/m1/s1. The molecule has 30 heavy (non-hydrogen) atoms. The minimum absolute atomic E-state index is 0.0819. The van der Waals surface area contributed by atoms with Crippen molar-refractivity contribution in [1.82, 2.24) is 10.2 Å². The Morgan fingerprint density at radius 2 is 1.97 bits per heavy atom. The number of hydrogen-bond donors (Lipinski definition) is 3. The van der Waals surface area contributed by atoms with Crippen LogP contribution >= 0.6 is 23.1 Å². The number of primary sulfonamides is 1. The van der Waals surface area contributed by atoms with E-state index in [0.29, 0.717) is 21.7 Å². The van der Waals surface area contributed by atoms with Gasteiger partial charge in [0, 0.05) is 12.2 Å². The van der Waals surface area contributed by atoms with E-state index in [1.807, 2.05) is 0 Å². The van der Waals surface area contributed by atoms with Gasteiger partial charge in [0.2, 0.25) is 21.1 Å². The molecule has 3 rings (SSSR count). The number of halogens is 1. The average Bonchev–Trinajstić information content (AvgIpc) is 3.14. The number of amides is 1. The molecule has 2 aromatic carbocycles. The van der Waals surface area contributed by atoms with E-state index in [0.717, 1.165) is 5.56 Å². The van der Waals surface area contributed by atoms with Crippen LogP contribution in [0.2, 0.25) is 0 Å². The number of aromatic nitrogens is 2. The Morgan fingerprint density at radius 1 is 1.23 bits per heavy atom. The largest absolute Gasteiger partial charge is 0.356 e. The maximum absolute atomic E-state index is 12.9. The van der Waals surface area contributed by atoms with E-state index in [1.165, 1.54) is 53.4 Å². The second kappa shape index (κ2) is 9.51. The predicted molar refractivity (Wildman–Crippen MR) is 115 cm³/mol. The second-order valence-electron chi connectivity index (χ2n) is 6.18. The lowest BCUT2D eigenvalue weighted by atomic mass is 10.2. The number of nitrogens with one attached hydrogen (secondary N) is 2. The summed E-state index contributed by atoms with van der Waals surface area (Å²) in [6.45, 7) is 2.17. The molecule has 0 aliphatic heterocycles. The Morgan fingerprint density at radius 3 is 2.67 bits per heavy atom. The first-order chi connectivity index (χ1) is 14.2. The summed E-state index contributed by atoms with van der Waals surface area (Å²) in [4.78, 5) is 12.3. The lowest BCUT2D eigenvalue weighted by molar-refractivity contribution is -0.115. The summed E-state index contributed by atoms with van der Waals surface area (Å²) in [5, 5.41) is 19.0. The molecule has 8 nitrogen and oxygen atoms in total. The maximum Gasteiger partial charge on any atom is 0.238 e. The molecule has 0 spiro atoms. The van der Waals surface area contributed by atoms with Crippen molar-refractivity contribution in [2.24, 2.45) is 5.14 Å². The Balaban J connectivity index is 1.55. The molecule has 0 unspecified atom stereocenters. The van der Waals surface area contributed by atoms with Crippen LogP contribution in [-0.2, 0) is 21.4 Å². The molecule has 158 valence electrons. The average molecular weight is 468 g/mol. The van der Waals surface area contributed by atoms with Gasteiger partial charge in [-0.1, -0.05) is 41.3 Å². The van der Waals surface area contributed by atoms with Gasteiger partial charge in [-0.05, 0) is 42.8 Å². The minimum Gasteiger partial charge on any atom is -0.356 e. The lowest BCUT2D eigenvalue weighted by Crippen LogP contribution is -2.22. The highest BCUT2D eigenvalue weighted by Gasteiger charge is 2.18. The molecule has 0 aliphatic carbocycles. The van der Waals surface area contributed by atoms with Gasteiger partial charge in [-0.3, -0.25) is 4.79 Å². The lowest BCUT2D eigenvalue weighted by Gasteiger charge is -2.11. The third-order valence-electron chi connectivity index (χ3n) is 3.84. The molecule has 3 aromatic rings. The summed E-state index contributed by atoms with van der Waals surface area (Å²) in [6.07, 6.45) is 0. The van der Waals surface area contributed by atoms with E-state index >= 15 is 0 Å². The van der Waals surface area contributed by atoms with Gasteiger partial charge in [-0.2, -0.15) is 0 Å². The number of nitrogens with two attached hydrogens (primary N) is 1. The molecule has 1 atom stereocenters. The van der Waals surface area contributed by atoms with Crippen LogP contribution in [0.3, 0.4) is 0 Å². The first-order valence-corrected chi connectivity index (χ1v) is 11.9. The number of nitrogens with zero attached hydrogens (tertiary/aromatic N) is 2. The van der Waals surface area contributed by atoms with Crippen LogP contribution in [0.25, 0.3) is 0 Å². The van der Waals surface area contributed by atoms with Crippen molar-refractivity contribution in [3.8, 4) is 0 Å². The van der Waals surface area contributed by atoms with Crippen LogP contribution in [-0.4, -0.2) is 29.8 Å². The Bertz CT molecular complexity index is 1140. The minimum atomic E-state index is -3.85. The second-order valence-corrected chi connectivity index (χ2v) is 10.3. The number of anilines is 2. The van der Waals surface area contributed by atoms with Crippen molar-refractivity contribution in [2.45, 2.75) is 28.0 Å². The maximum atomic E-state index is 12.9. The molecule has 0 saturated heterocycles. The van der Waals surface area contributed by atoms with Crippen molar-refractivity contribution < 1.29 is 17.6 Å². The summed E-state index contributed by atoms with van der Waals surface area (Å²) in [5.41, 5.74) is 1.23. The highest BCUT2D eigenvalue weighted by molar-refractivity contribution is 8.02. The zero-order valence-electron chi connectivity index (χ0n) is 15.7. The van der Waals surface area contributed by atoms with Crippen molar-refractivity contribution >= 4 is 49.8 Å². The van der Waals surface area contributed by atoms with Crippen LogP contribution in [0.1, 0.15) is 12.5 Å². The monoisotopic (exact) mass is 467 g/mol. The van der Waals surface area contributed by atoms with E-state index < -0.39 is 15.3 Å². The number of hydrogen-bond acceptors (Lipinski definition) is 8. The smallest absolute Gasteiger partial charge is 0.238 e. The van der Waals surface area contributed by atoms with Gasteiger partial charge in [0.15, 0.2) is 4.34 Å². The number of carbonyl (C=O) groups excluding carboxylic acids is 1. The van der Waals surface area contributed by atoms with Gasteiger partial charge in [0.25, 0.3) is 0 Å². The molecule has 0 radical (unpaired) electrons. The molecular formula is C18H18FN5O3S3. The van der Waals surface area contributed by atoms with Crippen LogP contribution in [0.15, 0.2) is 57.8 Å². The SMILES string of the molecule is C[C@@H](Sc1nnc(NCc2ccc(F)cc2)s1)C(=O)Nc1cccc(S(N)(=O)=O)c1. The fourth-order valence-corrected chi connectivity index (χ4v) is 4.76. The number of carbonyl (C=O) groups is 1. The van der Waals surface area contributed by atoms with Crippen LogP contribution in [0.4, 0.5) is 15.2 Å². The molecule has 1 heterocycles. The molecule has 0 bridgehead atoms. The number of benzene rings is 2. The first-order valence-electron chi connectivity index (χ1n) is 8.63. The molecule has 12 heteroatoms. The summed E-state index contributed by atoms with van der Waals surface area (Å²) in [7, 11) is -3.85. The summed E-state index contributed by atoms with van der Waals surface area (Å²) in [5.74, 6) is -0.611. The third-order valence-corrected chi connectivity index (χ3v) is 6.82. The molecule has 0 aliphatic rings. The fourth-order valence-electron chi connectivity index (χ4n) is 2.31. The zero-order valence-corrected chi connectivity index (χ0v) is 18.2. The van der Waals surface area contributed by atoms with E-state index in [-0.39, 0.29) is 16.6 Å². The van der Waals surface area contributed by atoms with Crippen molar-refractivity contribution in [3.63, 3.8) is 0 Å². The van der Waals surface area contributed by atoms with Gasteiger partial charge in [0.1, 0.15) is 5.82 Å². The Hall–Kier alpha value is -2.54. The normalized spacial score (nSPS) is 12.4. The van der Waals surface area contributed by atoms with Crippen LogP contribution < -0.4 is 15.8 Å². The van der Waals surface area contributed by atoms with Gasteiger partial charge in [0.05, 0.1) is 10.1 Å². The first kappa shape index (κ1) is 22.2. The molecular weight excluding hydrogens is 449 g/mol. The van der Waals surface area contributed by atoms with Crippen molar-refractivity contribution in [2.75, 3.05) is 10.6 Å². The van der Waals surface area contributed by atoms with Gasteiger partial charge in [-0.25, -0.2) is 17.9 Å². The number of sulfonamides is 1. The van der Waals surface area contributed by atoms with E-state index in [4.69, 9.17) is 5.14 Å². The summed E-state index contributed by atoms with van der Waals surface area (Å²) in [6, 6.07) is 11.8. The number of thioether (sulfide) groups is 1. The summed E-state index contributed by atoms with van der Waals surface area (Å²) < 4.78 is 36.4. The quantitative estimate of drug-likeness (QED) is 0.435. The molecule has 1 amide bonds. The fraction of sp³-hybridized carbons (Fsp3) is 0.167. The molecule has 0 fully saturated rings. The highest BCUT2D eigenvalue weighted by atomic mass is 32.2. The van der Waals surface area contributed by atoms with Crippen molar-refractivity contribution in [1.29, 1.82) is 0 Å². The molecule has 0 saturated carbocycles. The Labute approximate surface area is 181 Å². The van der Waals surface area contributed by atoms with Gasteiger partial charge in [-0.15, -0.1) is 10.2 Å². The van der Waals surface area contributed by atoms with E-state index in [1.54, 1.807) is 25.1 Å². The summed E-state index contributed by atoms with van der Waals surface area (Å²) >= 11 is 2.52. The van der Waals surface area contributed by atoms with Crippen LogP contribution in [0.5, 0.6) is 0 Å². The third kappa shape index (κ3) is 6.23. The van der Waals surface area contributed by atoms with E-state index in [9.17, 15) is 17.6 Å². The van der Waals surface area contributed by atoms with Crippen LogP contribution in [0, 0.1) is 5.82 Å². The van der Waals surface area contributed by atoms with E-state index in [2.05, 4.69) is 20.8 Å². The molecule has 4 N–H and O–H groups in total. The zero-order chi connectivity index (χ0) is 21.7. The predicted octanol–water partition coefficient (Wildman–Crippen LogP) is 3.06. The number of rotatable bonds is 8. The molecule has 1 aromatic heterocycles. The van der Waals surface area contributed by atoms with Gasteiger partial charge >= 0.3 is 0 Å². The van der Waals surface area contributed by atoms with Crippen molar-refractivity contribution in [3.05, 3.63) is 59.9 Å². The topological polar surface area (TPSA) is 127 Å². The Kier molecular flexibility index (Phi) is 7.02.